The van der Waals surface area contributed by atoms with Gasteiger partial charge in [0.25, 0.3) is 0 Å². The first-order valence-corrected chi connectivity index (χ1v) is 13.4. The van der Waals surface area contributed by atoms with Gasteiger partial charge in [-0.15, -0.1) is 0 Å². The summed E-state index contributed by atoms with van der Waals surface area (Å²) >= 11 is 0. The molecule has 0 aromatic heterocycles. The van der Waals surface area contributed by atoms with Crippen molar-refractivity contribution >= 4 is 29.8 Å². The number of carbonyl (C=O) groups is 5. The van der Waals surface area contributed by atoms with E-state index in [1.807, 2.05) is 36.4 Å². The normalized spacial score (nSPS) is 15.2. The number of nitrogens with zero attached hydrogens (tertiary/aromatic N) is 2. The van der Waals surface area contributed by atoms with Crippen molar-refractivity contribution in [3.8, 4) is 0 Å². The van der Waals surface area contributed by atoms with Crippen LogP contribution >= 0.6 is 0 Å². The molecule has 1 aliphatic rings. The molecule has 43 heavy (non-hydrogen) atoms. The maximum absolute atomic E-state index is 13.1. The van der Waals surface area contributed by atoms with Gasteiger partial charge >= 0.3 is 23.9 Å². The average molecular weight is 598 g/mol. The van der Waals surface area contributed by atoms with E-state index in [-0.39, 0.29) is 11.8 Å². The fraction of sp³-hybridized carbons (Fsp3) is 0.323. The molecule has 0 radical (unpaired) electrons. The van der Waals surface area contributed by atoms with Gasteiger partial charge in [-0.3, -0.25) is 4.79 Å². The number of rotatable bonds is 11. The summed E-state index contributed by atoms with van der Waals surface area (Å²) in [6, 6.07) is 20.2. The fourth-order valence-electron chi connectivity index (χ4n) is 4.76. The van der Waals surface area contributed by atoms with Crippen LogP contribution in [0.15, 0.2) is 85.0 Å². The molecule has 1 aliphatic heterocycles. The minimum absolute atomic E-state index is 0.163. The van der Waals surface area contributed by atoms with Gasteiger partial charge in [-0.05, 0) is 50.5 Å². The van der Waals surface area contributed by atoms with Crippen molar-refractivity contribution in [1.82, 2.24) is 9.80 Å². The molecule has 2 aromatic carbocycles. The summed E-state index contributed by atoms with van der Waals surface area (Å²) in [5, 5.41) is 31.2. The minimum atomic E-state index is -1.26. The Bertz CT molecular complexity index is 1160. The van der Waals surface area contributed by atoms with E-state index < -0.39 is 29.3 Å². The van der Waals surface area contributed by atoms with Gasteiger partial charge in [0, 0.05) is 43.9 Å². The third-order valence-corrected chi connectivity index (χ3v) is 6.57. The summed E-state index contributed by atoms with van der Waals surface area (Å²) in [7, 11) is 4.20. The number of aliphatic carboxylic acids is 4. The van der Waals surface area contributed by atoms with Crippen LogP contribution in [0.3, 0.4) is 0 Å². The molecule has 1 saturated heterocycles. The second-order valence-electron chi connectivity index (χ2n) is 9.87. The third-order valence-electron chi connectivity index (χ3n) is 6.57. The molecule has 1 atom stereocenters. The molecule has 12 heteroatoms. The minimum Gasteiger partial charge on any atom is -0.478 e. The Morgan fingerprint density at radius 1 is 0.791 bits per heavy atom. The summed E-state index contributed by atoms with van der Waals surface area (Å²) in [6.07, 6.45) is 4.33. The Balaban J connectivity index is 0.000000476. The largest absolute Gasteiger partial charge is 0.478 e. The summed E-state index contributed by atoms with van der Waals surface area (Å²) in [5.74, 6) is -5.12. The van der Waals surface area contributed by atoms with E-state index in [0.717, 1.165) is 50.1 Å². The van der Waals surface area contributed by atoms with Gasteiger partial charge in [-0.25, -0.2) is 19.2 Å². The highest BCUT2D eigenvalue weighted by Gasteiger charge is 2.48. The zero-order chi connectivity index (χ0) is 32.4. The maximum atomic E-state index is 13.1. The van der Waals surface area contributed by atoms with Crippen LogP contribution in [-0.2, 0) is 29.4 Å². The molecule has 2 aromatic rings. The van der Waals surface area contributed by atoms with Crippen LogP contribution in [0.2, 0.25) is 0 Å². The number of carbonyl (C=O) groups excluding carboxylic acids is 1. The fourth-order valence-corrected chi connectivity index (χ4v) is 4.76. The van der Waals surface area contributed by atoms with Gasteiger partial charge < -0.3 is 36.0 Å². The lowest BCUT2D eigenvalue weighted by atomic mass is 9.63. The van der Waals surface area contributed by atoms with E-state index in [9.17, 15) is 24.0 Å². The zero-order valence-electron chi connectivity index (χ0n) is 24.2. The van der Waals surface area contributed by atoms with Gasteiger partial charge in [-0.1, -0.05) is 60.7 Å². The Labute approximate surface area is 250 Å². The van der Waals surface area contributed by atoms with Gasteiger partial charge in [0.1, 0.15) is 5.41 Å². The molecule has 6 N–H and O–H groups in total. The second-order valence-corrected chi connectivity index (χ2v) is 9.87. The molecule has 0 spiro atoms. The smallest absolute Gasteiger partial charge is 0.328 e. The lowest BCUT2D eigenvalue weighted by Crippen LogP contribution is -2.54. The molecule has 1 amide bonds. The number of nitrogens with two attached hydrogens (primary N) is 1. The highest BCUT2D eigenvalue weighted by molar-refractivity contribution is 5.91. The predicted molar refractivity (Wildman–Crippen MR) is 159 cm³/mol. The zero-order valence-corrected chi connectivity index (χ0v) is 24.2. The number of primary amides is 1. The SMILES string of the molecule is CN(C)CCN1CCCC(C(C(N)=O)(c2ccccc2)c2ccccc2)C1.O=C(O)/C=C/C(=O)O.O=C(O)/C=C/C(=O)O. The summed E-state index contributed by atoms with van der Waals surface area (Å²) in [5.41, 5.74) is 7.38. The molecule has 0 saturated carbocycles. The van der Waals surface area contributed by atoms with Gasteiger partial charge in [0.05, 0.1) is 0 Å². The van der Waals surface area contributed by atoms with Gasteiger partial charge in [0.15, 0.2) is 0 Å². The van der Waals surface area contributed by atoms with Crippen LogP contribution in [0.4, 0.5) is 0 Å². The Hall–Kier alpha value is -4.81. The molecule has 1 heterocycles. The lowest BCUT2D eigenvalue weighted by Gasteiger charge is -2.44. The van der Waals surface area contributed by atoms with Gasteiger partial charge in [0.2, 0.25) is 5.91 Å². The van der Waals surface area contributed by atoms with Gasteiger partial charge in [-0.2, -0.15) is 0 Å². The van der Waals surface area contributed by atoms with E-state index >= 15 is 0 Å². The highest BCUT2D eigenvalue weighted by atomic mass is 16.4. The Kier molecular flexibility index (Phi) is 15.7. The number of likely N-dealkylation sites (tertiary alicyclic amines) is 1. The van der Waals surface area contributed by atoms with E-state index in [0.29, 0.717) is 24.3 Å². The summed E-state index contributed by atoms with van der Waals surface area (Å²) in [4.78, 5) is 56.0. The van der Waals surface area contributed by atoms with Crippen molar-refractivity contribution in [3.63, 3.8) is 0 Å². The van der Waals surface area contributed by atoms with Crippen LogP contribution in [0.25, 0.3) is 0 Å². The molecular weight excluding hydrogens is 558 g/mol. The van der Waals surface area contributed by atoms with Crippen molar-refractivity contribution in [2.75, 3.05) is 40.3 Å². The number of likely N-dealkylation sites (N-methyl/N-ethyl adjacent to an activating group) is 1. The molecular formula is C31H39N3O9. The summed E-state index contributed by atoms with van der Waals surface area (Å²) < 4.78 is 0. The van der Waals surface area contributed by atoms with E-state index in [4.69, 9.17) is 26.2 Å². The van der Waals surface area contributed by atoms with Crippen LogP contribution in [0.5, 0.6) is 0 Å². The van der Waals surface area contributed by atoms with Crippen LogP contribution < -0.4 is 5.73 Å². The maximum Gasteiger partial charge on any atom is 0.328 e. The Morgan fingerprint density at radius 2 is 1.19 bits per heavy atom. The molecule has 3 rings (SSSR count). The average Bonchev–Trinajstić information content (AvgIpc) is 2.96. The molecule has 0 bridgehead atoms. The quantitative estimate of drug-likeness (QED) is 0.238. The molecule has 1 fully saturated rings. The predicted octanol–water partition coefficient (Wildman–Crippen LogP) is 2.16. The monoisotopic (exact) mass is 597 g/mol. The molecule has 232 valence electrons. The first-order valence-electron chi connectivity index (χ1n) is 13.4. The van der Waals surface area contributed by atoms with E-state index in [1.165, 1.54) is 0 Å². The van der Waals surface area contributed by atoms with E-state index in [1.54, 1.807) is 0 Å². The number of piperidine rings is 1. The first kappa shape index (κ1) is 36.2. The van der Waals surface area contributed by atoms with Crippen molar-refractivity contribution in [3.05, 3.63) is 96.1 Å². The second kappa shape index (κ2) is 18.6. The third kappa shape index (κ3) is 12.7. The number of amides is 1. The first-order chi connectivity index (χ1) is 20.3. The van der Waals surface area contributed by atoms with Crippen molar-refractivity contribution in [2.24, 2.45) is 11.7 Å². The number of carboxylic acid groups (broad SMARTS) is 4. The standard InChI is InChI=1S/C23H31N3O.2C4H4O4/c1-25(2)16-17-26-15-9-14-21(18-26)23(22(24)27,19-10-5-3-6-11-19)20-12-7-4-8-13-20;2*5-3(6)1-2-4(7)8/h3-8,10-13,21H,9,14-18H2,1-2H3,(H2,24,27);2*1-2H,(H,5,6)(H,7,8)/b;2*2-1+. The van der Waals surface area contributed by atoms with Crippen LogP contribution in [0.1, 0.15) is 24.0 Å². The van der Waals surface area contributed by atoms with Crippen molar-refractivity contribution in [1.29, 1.82) is 0 Å². The number of benzene rings is 2. The summed E-state index contributed by atoms with van der Waals surface area (Å²) in [6.45, 7) is 4.01. The number of hydrogen-bond acceptors (Lipinski definition) is 7. The topological polar surface area (TPSA) is 199 Å². The van der Waals surface area contributed by atoms with Crippen LogP contribution in [-0.4, -0.2) is 100 Å². The lowest BCUT2D eigenvalue weighted by molar-refractivity contribution is -0.134. The number of hydrogen-bond donors (Lipinski definition) is 5. The molecule has 0 aliphatic carbocycles. The van der Waals surface area contributed by atoms with Crippen molar-refractivity contribution < 1.29 is 44.4 Å². The highest BCUT2D eigenvalue weighted by Crippen LogP contribution is 2.43. The molecule has 1 unspecified atom stereocenters. The molecule has 12 nitrogen and oxygen atoms in total. The van der Waals surface area contributed by atoms with E-state index in [2.05, 4.69) is 48.2 Å². The number of carboxylic acids is 4. The Morgan fingerprint density at radius 3 is 1.51 bits per heavy atom. The van der Waals surface area contributed by atoms with Crippen LogP contribution in [0, 0.1) is 5.92 Å². The van der Waals surface area contributed by atoms with Crippen molar-refractivity contribution in [2.45, 2.75) is 18.3 Å².